The Morgan fingerprint density at radius 2 is 1.38 bits per heavy atom. The number of aromatic nitrogens is 2. The first-order valence-corrected chi connectivity index (χ1v) is 9.25. The number of nitrogens with zero attached hydrogens (tertiary/aromatic N) is 2. The Bertz CT molecular complexity index is 1280. The molecule has 0 aliphatic carbocycles. The van der Waals surface area contributed by atoms with Crippen LogP contribution in [0.25, 0.3) is 10.9 Å². The van der Waals surface area contributed by atoms with Gasteiger partial charge in [-0.1, -0.05) is 60.7 Å². The second-order valence-electron chi connectivity index (χ2n) is 6.68. The zero-order valence-electron chi connectivity index (χ0n) is 15.6. The van der Waals surface area contributed by atoms with Crippen LogP contribution in [0.5, 0.6) is 0 Å². The highest BCUT2D eigenvalue weighted by atomic mass is 16.2. The van der Waals surface area contributed by atoms with Crippen LogP contribution in [0.15, 0.2) is 94.5 Å². The molecule has 4 aromatic rings. The lowest BCUT2D eigenvalue weighted by atomic mass is 10.2. The molecule has 144 valence electrons. The van der Waals surface area contributed by atoms with E-state index in [0.717, 1.165) is 5.56 Å². The topological polar surface area (TPSA) is 73.1 Å². The van der Waals surface area contributed by atoms with Gasteiger partial charge in [-0.15, -0.1) is 0 Å². The van der Waals surface area contributed by atoms with Gasteiger partial charge in [0.25, 0.3) is 5.56 Å². The predicted octanol–water partition coefficient (Wildman–Crippen LogP) is 2.85. The lowest BCUT2D eigenvalue weighted by molar-refractivity contribution is -0.116. The van der Waals surface area contributed by atoms with Crippen LogP contribution in [-0.4, -0.2) is 15.0 Å². The van der Waals surface area contributed by atoms with Crippen LogP contribution in [0.4, 0.5) is 5.69 Å². The van der Waals surface area contributed by atoms with Crippen LogP contribution in [0.1, 0.15) is 5.56 Å². The molecule has 0 fully saturated rings. The number of benzene rings is 3. The van der Waals surface area contributed by atoms with E-state index < -0.39 is 5.69 Å². The smallest absolute Gasteiger partial charge is 0.325 e. The first-order valence-electron chi connectivity index (χ1n) is 9.25. The highest BCUT2D eigenvalue weighted by Gasteiger charge is 2.15. The zero-order chi connectivity index (χ0) is 20.2. The summed E-state index contributed by atoms with van der Waals surface area (Å²) in [7, 11) is 0. The Hall–Kier alpha value is -3.93. The van der Waals surface area contributed by atoms with Gasteiger partial charge in [-0.05, 0) is 29.8 Å². The van der Waals surface area contributed by atoms with E-state index in [2.05, 4.69) is 5.32 Å². The third kappa shape index (κ3) is 3.87. The van der Waals surface area contributed by atoms with Crippen molar-refractivity contribution in [2.45, 2.75) is 13.1 Å². The van der Waals surface area contributed by atoms with E-state index in [1.54, 1.807) is 36.4 Å². The van der Waals surface area contributed by atoms with Crippen molar-refractivity contribution in [3.8, 4) is 0 Å². The summed E-state index contributed by atoms with van der Waals surface area (Å²) in [6.45, 7) is -0.0487. The van der Waals surface area contributed by atoms with Crippen molar-refractivity contribution in [1.29, 1.82) is 0 Å². The molecule has 1 aromatic heterocycles. The lowest BCUT2D eigenvalue weighted by Crippen LogP contribution is -2.42. The minimum Gasteiger partial charge on any atom is -0.325 e. The van der Waals surface area contributed by atoms with E-state index in [-0.39, 0.29) is 24.6 Å². The van der Waals surface area contributed by atoms with E-state index in [1.807, 2.05) is 48.5 Å². The van der Waals surface area contributed by atoms with Crippen molar-refractivity contribution in [2.75, 3.05) is 5.32 Å². The Labute approximate surface area is 166 Å². The zero-order valence-corrected chi connectivity index (χ0v) is 15.6. The number of nitrogens with one attached hydrogen (secondary N) is 1. The van der Waals surface area contributed by atoms with E-state index in [4.69, 9.17) is 0 Å². The summed E-state index contributed by atoms with van der Waals surface area (Å²) in [5.74, 6) is -0.339. The van der Waals surface area contributed by atoms with Gasteiger partial charge in [-0.2, -0.15) is 0 Å². The maximum atomic E-state index is 13.1. The molecule has 0 unspecified atom stereocenters. The fourth-order valence-electron chi connectivity index (χ4n) is 3.29. The van der Waals surface area contributed by atoms with Gasteiger partial charge < -0.3 is 5.32 Å². The number of anilines is 1. The number of carbonyl (C=O) groups excluding carboxylic acids is 1. The minimum atomic E-state index is -0.513. The minimum absolute atomic E-state index is 0.143. The lowest BCUT2D eigenvalue weighted by Gasteiger charge is -2.14. The highest BCUT2D eigenvalue weighted by molar-refractivity contribution is 5.91. The molecule has 0 spiro atoms. The molecular formula is C23H19N3O3. The highest BCUT2D eigenvalue weighted by Crippen LogP contribution is 2.10. The number of hydrogen-bond donors (Lipinski definition) is 1. The number of amides is 1. The summed E-state index contributed by atoms with van der Waals surface area (Å²) >= 11 is 0. The normalized spacial score (nSPS) is 10.8. The van der Waals surface area contributed by atoms with Crippen LogP contribution < -0.4 is 16.6 Å². The largest absolute Gasteiger partial charge is 0.332 e. The Balaban J connectivity index is 1.77. The van der Waals surface area contributed by atoms with Crippen LogP contribution >= 0.6 is 0 Å². The van der Waals surface area contributed by atoms with Crippen LogP contribution in [0.3, 0.4) is 0 Å². The first-order chi connectivity index (χ1) is 14.1. The second-order valence-corrected chi connectivity index (χ2v) is 6.68. The van der Waals surface area contributed by atoms with Crippen molar-refractivity contribution in [2.24, 2.45) is 0 Å². The summed E-state index contributed by atoms with van der Waals surface area (Å²) in [6.07, 6.45) is 0. The molecule has 29 heavy (non-hydrogen) atoms. The van der Waals surface area contributed by atoms with Gasteiger partial charge in [0.2, 0.25) is 5.91 Å². The fourth-order valence-corrected chi connectivity index (χ4v) is 3.29. The molecule has 6 heteroatoms. The predicted molar refractivity (Wildman–Crippen MR) is 113 cm³/mol. The monoisotopic (exact) mass is 385 g/mol. The summed E-state index contributed by atoms with van der Waals surface area (Å²) in [4.78, 5) is 38.6. The van der Waals surface area contributed by atoms with Crippen LogP contribution in [-0.2, 0) is 17.9 Å². The number of fused-ring (bicyclic) bond motifs is 1. The third-order valence-electron chi connectivity index (χ3n) is 4.67. The van der Waals surface area contributed by atoms with Gasteiger partial charge >= 0.3 is 5.69 Å². The number of rotatable bonds is 5. The van der Waals surface area contributed by atoms with Crippen LogP contribution in [0, 0.1) is 0 Å². The summed E-state index contributed by atoms with van der Waals surface area (Å²) < 4.78 is 2.52. The standard InChI is InChI=1S/C23H19N3O3/c27-21(24-18-11-5-2-6-12-18)16-25-20-14-8-7-13-19(20)22(28)26(23(25)29)15-17-9-3-1-4-10-17/h1-14H,15-16H2,(H,24,27). The van der Waals surface area contributed by atoms with Crippen molar-refractivity contribution in [3.05, 3.63) is 111 Å². The van der Waals surface area contributed by atoms with Crippen molar-refractivity contribution in [1.82, 2.24) is 9.13 Å². The van der Waals surface area contributed by atoms with Crippen LogP contribution in [0.2, 0.25) is 0 Å². The molecule has 0 saturated heterocycles. The maximum absolute atomic E-state index is 13.1. The molecule has 3 aromatic carbocycles. The molecule has 0 radical (unpaired) electrons. The quantitative estimate of drug-likeness (QED) is 0.574. The number of carbonyl (C=O) groups is 1. The van der Waals surface area contributed by atoms with E-state index in [9.17, 15) is 14.4 Å². The molecule has 0 aliphatic rings. The average molecular weight is 385 g/mol. The molecule has 4 rings (SSSR count). The molecule has 0 aliphatic heterocycles. The molecule has 0 saturated carbocycles. The molecule has 1 heterocycles. The maximum Gasteiger partial charge on any atom is 0.332 e. The Morgan fingerprint density at radius 1 is 0.759 bits per heavy atom. The van der Waals surface area contributed by atoms with E-state index in [1.165, 1.54) is 9.13 Å². The van der Waals surface area contributed by atoms with Gasteiger partial charge in [0.1, 0.15) is 6.54 Å². The van der Waals surface area contributed by atoms with E-state index >= 15 is 0 Å². The molecular weight excluding hydrogens is 366 g/mol. The fraction of sp³-hybridized carbons (Fsp3) is 0.0870. The van der Waals surface area contributed by atoms with Gasteiger partial charge in [0, 0.05) is 5.69 Å². The van der Waals surface area contributed by atoms with Crippen molar-refractivity contribution in [3.63, 3.8) is 0 Å². The van der Waals surface area contributed by atoms with Gasteiger partial charge in [0.15, 0.2) is 0 Å². The van der Waals surface area contributed by atoms with Crippen molar-refractivity contribution >= 4 is 22.5 Å². The molecule has 6 nitrogen and oxygen atoms in total. The van der Waals surface area contributed by atoms with Gasteiger partial charge in [-0.25, -0.2) is 4.79 Å². The Morgan fingerprint density at radius 3 is 2.10 bits per heavy atom. The SMILES string of the molecule is O=C(Cn1c(=O)n(Cc2ccccc2)c(=O)c2ccccc21)Nc1ccccc1. The summed E-state index contributed by atoms with van der Waals surface area (Å²) in [5.41, 5.74) is 1.04. The third-order valence-corrected chi connectivity index (χ3v) is 4.67. The summed E-state index contributed by atoms with van der Waals surface area (Å²) in [6, 6.07) is 25.2. The Kier molecular flexibility index (Phi) is 5.07. The average Bonchev–Trinajstić information content (AvgIpc) is 2.75. The molecule has 0 bridgehead atoms. The van der Waals surface area contributed by atoms with Crippen molar-refractivity contribution < 1.29 is 4.79 Å². The van der Waals surface area contributed by atoms with Gasteiger partial charge in [0.05, 0.1) is 17.4 Å². The molecule has 1 amide bonds. The first kappa shape index (κ1) is 18.4. The second kappa shape index (κ2) is 7.98. The molecule has 0 atom stereocenters. The van der Waals surface area contributed by atoms with Gasteiger partial charge in [-0.3, -0.25) is 18.7 Å². The van der Waals surface area contributed by atoms with E-state index in [0.29, 0.717) is 16.6 Å². The number of para-hydroxylation sites is 2. The summed E-state index contributed by atoms with van der Waals surface area (Å²) in [5, 5.41) is 3.18. The number of hydrogen-bond acceptors (Lipinski definition) is 3. The molecule has 1 N–H and O–H groups in total.